The van der Waals surface area contributed by atoms with Crippen molar-refractivity contribution in [3.8, 4) is 5.75 Å². The average Bonchev–Trinajstić information content (AvgIpc) is 3.01. The molecule has 0 saturated carbocycles. The van der Waals surface area contributed by atoms with Gasteiger partial charge in [-0.3, -0.25) is 9.59 Å². The number of carbonyl (C=O) groups excluding carboxylic acids is 2. The molecule has 2 aromatic carbocycles. The van der Waals surface area contributed by atoms with Crippen molar-refractivity contribution in [2.75, 3.05) is 23.4 Å². The highest BCUT2D eigenvalue weighted by atomic mass is 16.5. The maximum atomic E-state index is 12.8. The summed E-state index contributed by atoms with van der Waals surface area (Å²) in [6, 6.07) is 11.5. The summed E-state index contributed by atoms with van der Waals surface area (Å²) in [6.07, 6.45) is 0.225. The van der Waals surface area contributed by atoms with Gasteiger partial charge in [-0.1, -0.05) is 17.7 Å². The Morgan fingerprint density at radius 3 is 2.37 bits per heavy atom. The second-order valence-corrected chi connectivity index (χ2v) is 7.10. The number of aryl methyl sites for hydroxylation is 3. The fourth-order valence-corrected chi connectivity index (χ4v) is 3.62. The first-order valence-electron chi connectivity index (χ1n) is 9.31. The molecule has 1 unspecified atom stereocenters. The van der Waals surface area contributed by atoms with Crippen LogP contribution in [-0.2, 0) is 9.59 Å². The van der Waals surface area contributed by atoms with Gasteiger partial charge in [0.25, 0.3) is 0 Å². The average molecular weight is 366 g/mol. The molecule has 27 heavy (non-hydrogen) atoms. The van der Waals surface area contributed by atoms with Gasteiger partial charge in [0.05, 0.1) is 12.5 Å². The highest BCUT2D eigenvalue weighted by Crippen LogP contribution is 2.29. The van der Waals surface area contributed by atoms with Crippen LogP contribution in [0.4, 0.5) is 11.4 Å². The minimum absolute atomic E-state index is 0.0309. The first kappa shape index (κ1) is 19.0. The van der Waals surface area contributed by atoms with Gasteiger partial charge in [0.15, 0.2) is 0 Å². The van der Waals surface area contributed by atoms with E-state index >= 15 is 0 Å². The Kier molecular flexibility index (Phi) is 5.49. The van der Waals surface area contributed by atoms with E-state index in [9.17, 15) is 9.59 Å². The molecule has 1 saturated heterocycles. The van der Waals surface area contributed by atoms with E-state index in [0.717, 1.165) is 28.3 Å². The second kappa shape index (κ2) is 7.82. The van der Waals surface area contributed by atoms with Gasteiger partial charge in [-0.05, 0) is 63.1 Å². The summed E-state index contributed by atoms with van der Waals surface area (Å²) in [5.41, 5.74) is 4.88. The van der Waals surface area contributed by atoms with Crippen molar-refractivity contribution in [3.05, 3.63) is 53.1 Å². The van der Waals surface area contributed by atoms with Gasteiger partial charge in [-0.2, -0.15) is 0 Å². The summed E-state index contributed by atoms with van der Waals surface area (Å²) in [5.74, 6) is 0.278. The molecule has 3 rings (SSSR count). The zero-order valence-electron chi connectivity index (χ0n) is 16.3. The van der Waals surface area contributed by atoms with E-state index < -0.39 is 0 Å². The molecule has 1 N–H and O–H groups in total. The molecule has 1 aliphatic heterocycles. The van der Waals surface area contributed by atoms with Crippen LogP contribution in [-0.4, -0.2) is 25.0 Å². The number of ether oxygens (including phenoxy) is 1. The number of benzene rings is 2. The van der Waals surface area contributed by atoms with Crippen LogP contribution in [0.25, 0.3) is 0 Å². The lowest BCUT2D eigenvalue weighted by Gasteiger charge is -2.18. The smallest absolute Gasteiger partial charge is 0.229 e. The Hall–Kier alpha value is -2.82. The Morgan fingerprint density at radius 1 is 1.15 bits per heavy atom. The lowest BCUT2D eigenvalue weighted by atomic mass is 10.0. The predicted octanol–water partition coefficient (Wildman–Crippen LogP) is 4.00. The number of carbonyl (C=O) groups is 2. The molecule has 2 amide bonds. The first-order chi connectivity index (χ1) is 12.9. The van der Waals surface area contributed by atoms with E-state index in [1.54, 1.807) is 4.90 Å². The van der Waals surface area contributed by atoms with Gasteiger partial charge in [0.2, 0.25) is 11.8 Å². The lowest BCUT2D eigenvalue weighted by molar-refractivity contribution is -0.122. The van der Waals surface area contributed by atoms with Gasteiger partial charge >= 0.3 is 0 Å². The van der Waals surface area contributed by atoms with Crippen LogP contribution in [0.3, 0.4) is 0 Å². The minimum Gasteiger partial charge on any atom is -0.494 e. The fraction of sp³-hybridized carbons (Fsp3) is 0.364. The van der Waals surface area contributed by atoms with E-state index in [4.69, 9.17) is 4.74 Å². The Bertz CT molecular complexity index is 835. The fourth-order valence-electron chi connectivity index (χ4n) is 3.62. The molecular formula is C22H26N2O3. The normalized spacial score (nSPS) is 16.5. The number of hydrogen-bond donors (Lipinski definition) is 1. The third-order valence-electron chi connectivity index (χ3n) is 4.88. The standard InChI is InChI=1S/C22H26N2O3/c1-5-27-19-8-6-18(7-9-19)24-13-17(12-20(24)25)22(26)23-21-15(3)10-14(2)11-16(21)4/h6-11,17H,5,12-13H2,1-4H3,(H,23,26). The number of rotatable bonds is 5. The van der Waals surface area contributed by atoms with Crippen LogP contribution in [0.5, 0.6) is 5.75 Å². The summed E-state index contributed by atoms with van der Waals surface area (Å²) in [7, 11) is 0. The maximum absolute atomic E-state index is 12.8. The molecule has 0 spiro atoms. The SMILES string of the molecule is CCOc1ccc(N2CC(C(=O)Nc3c(C)cc(C)cc3C)CC2=O)cc1. The van der Waals surface area contributed by atoms with Crippen molar-refractivity contribution in [1.82, 2.24) is 0 Å². The van der Waals surface area contributed by atoms with Crippen LogP contribution in [0.15, 0.2) is 36.4 Å². The summed E-state index contributed by atoms with van der Waals surface area (Å²) in [6.45, 7) is 8.93. The van der Waals surface area contributed by atoms with Crippen LogP contribution in [0, 0.1) is 26.7 Å². The number of hydrogen-bond acceptors (Lipinski definition) is 3. The summed E-state index contributed by atoms with van der Waals surface area (Å²) >= 11 is 0. The van der Waals surface area contributed by atoms with Crippen LogP contribution in [0.1, 0.15) is 30.0 Å². The van der Waals surface area contributed by atoms with E-state index in [1.165, 1.54) is 5.56 Å². The maximum Gasteiger partial charge on any atom is 0.229 e. The number of nitrogens with one attached hydrogen (secondary N) is 1. The van der Waals surface area contributed by atoms with Crippen molar-refractivity contribution in [1.29, 1.82) is 0 Å². The second-order valence-electron chi connectivity index (χ2n) is 7.10. The third-order valence-corrected chi connectivity index (χ3v) is 4.88. The molecule has 1 atom stereocenters. The zero-order valence-corrected chi connectivity index (χ0v) is 16.3. The molecular weight excluding hydrogens is 340 g/mol. The van der Waals surface area contributed by atoms with Gasteiger partial charge < -0.3 is 15.0 Å². The molecule has 1 aliphatic rings. The van der Waals surface area contributed by atoms with Crippen LogP contribution < -0.4 is 15.0 Å². The molecule has 0 bridgehead atoms. The van der Waals surface area contributed by atoms with E-state index in [-0.39, 0.29) is 24.2 Å². The summed E-state index contributed by atoms with van der Waals surface area (Å²) < 4.78 is 5.44. The van der Waals surface area contributed by atoms with Crippen LogP contribution >= 0.6 is 0 Å². The number of anilines is 2. The molecule has 0 aromatic heterocycles. The van der Waals surface area contributed by atoms with Crippen molar-refractivity contribution >= 4 is 23.2 Å². The largest absolute Gasteiger partial charge is 0.494 e. The molecule has 142 valence electrons. The van der Waals surface area contributed by atoms with Crippen LogP contribution in [0.2, 0.25) is 0 Å². The van der Waals surface area contributed by atoms with E-state index in [0.29, 0.717) is 13.2 Å². The molecule has 1 fully saturated rings. The van der Waals surface area contributed by atoms with Crippen molar-refractivity contribution in [2.45, 2.75) is 34.1 Å². The minimum atomic E-state index is -0.357. The monoisotopic (exact) mass is 366 g/mol. The van der Waals surface area contributed by atoms with Crippen molar-refractivity contribution in [3.63, 3.8) is 0 Å². The number of nitrogens with zero attached hydrogens (tertiary/aromatic N) is 1. The third kappa shape index (κ3) is 4.13. The Labute approximate surface area is 160 Å². The van der Waals surface area contributed by atoms with E-state index in [1.807, 2.05) is 52.0 Å². The van der Waals surface area contributed by atoms with Crippen molar-refractivity contribution < 1.29 is 14.3 Å². The summed E-state index contributed by atoms with van der Waals surface area (Å²) in [4.78, 5) is 26.9. The van der Waals surface area contributed by atoms with E-state index in [2.05, 4.69) is 17.4 Å². The molecule has 0 radical (unpaired) electrons. The molecule has 5 nitrogen and oxygen atoms in total. The van der Waals surface area contributed by atoms with Crippen molar-refractivity contribution in [2.24, 2.45) is 5.92 Å². The first-order valence-corrected chi connectivity index (χ1v) is 9.31. The Balaban J connectivity index is 1.70. The molecule has 5 heteroatoms. The van der Waals surface area contributed by atoms with Gasteiger partial charge in [0, 0.05) is 24.3 Å². The van der Waals surface area contributed by atoms with Gasteiger partial charge in [0.1, 0.15) is 5.75 Å². The highest BCUT2D eigenvalue weighted by Gasteiger charge is 2.35. The zero-order chi connectivity index (χ0) is 19.6. The summed E-state index contributed by atoms with van der Waals surface area (Å²) in [5, 5.41) is 3.03. The lowest BCUT2D eigenvalue weighted by Crippen LogP contribution is -2.28. The molecule has 1 heterocycles. The Morgan fingerprint density at radius 2 is 1.78 bits per heavy atom. The van der Waals surface area contributed by atoms with Gasteiger partial charge in [-0.15, -0.1) is 0 Å². The highest BCUT2D eigenvalue weighted by molar-refractivity contribution is 6.04. The topological polar surface area (TPSA) is 58.6 Å². The number of amides is 2. The molecule has 0 aliphatic carbocycles. The predicted molar refractivity (Wildman–Crippen MR) is 107 cm³/mol. The quantitative estimate of drug-likeness (QED) is 0.870. The molecule has 2 aromatic rings. The van der Waals surface area contributed by atoms with Gasteiger partial charge in [-0.25, -0.2) is 0 Å².